The van der Waals surface area contributed by atoms with E-state index in [0.29, 0.717) is 6.54 Å². The van der Waals surface area contributed by atoms with Crippen LogP contribution < -0.4 is 15.5 Å². The number of amides is 1. The second-order valence-corrected chi connectivity index (χ2v) is 8.06. The molecule has 8 nitrogen and oxygen atoms in total. The summed E-state index contributed by atoms with van der Waals surface area (Å²) in [6.07, 6.45) is 1.72. The van der Waals surface area contributed by atoms with Gasteiger partial charge in [-0.3, -0.25) is 9.79 Å². The van der Waals surface area contributed by atoms with Crippen molar-refractivity contribution in [2.24, 2.45) is 4.99 Å². The molecule has 160 valence electrons. The van der Waals surface area contributed by atoms with Gasteiger partial charge in [0, 0.05) is 64.3 Å². The van der Waals surface area contributed by atoms with Crippen LogP contribution in [0.5, 0.6) is 0 Å². The Morgan fingerprint density at radius 2 is 2.00 bits per heavy atom. The molecule has 11 heteroatoms. The molecule has 2 aromatic rings. The summed E-state index contributed by atoms with van der Waals surface area (Å²) in [6.45, 7) is 7.11. The second-order valence-electron chi connectivity index (χ2n) is 6.38. The molecule has 3 rings (SSSR count). The molecule has 3 heterocycles. The van der Waals surface area contributed by atoms with Gasteiger partial charge in [-0.1, -0.05) is 13.0 Å². The Labute approximate surface area is 197 Å². The number of hydrogen-bond acceptors (Lipinski definition) is 7. The van der Waals surface area contributed by atoms with Crippen LogP contribution >= 0.6 is 46.8 Å². The molecule has 1 amide bonds. The lowest BCUT2D eigenvalue weighted by atomic mass is 10.3. The zero-order chi connectivity index (χ0) is 19.8. The summed E-state index contributed by atoms with van der Waals surface area (Å²) >= 11 is 2.94. The number of thiophene rings is 1. The van der Waals surface area contributed by atoms with Crippen LogP contribution in [0.1, 0.15) is 28.8 Å². The van der Waals surface area contributed by atoms with Crippen LogP contribution in [0.25, 0.3) is 0 Å². The maximum absolute atomic E-state index is 11.9. The highest BCUT2D eigenvalue weighted by atomic mass is 127. The number of aryl methyl sites for hydroxylation is 1. The van der Waals surface area contributed by atoms with E-state index in [4.69, 9.17) is 0 Å². The van der Waals surface area contributed by atoms with Gasteiger partial charge in [0.2, 0.25) is 5.13 Å². The first-order valence-corrected chi connectivity index (χ1v) is 11.2. The van der Waals surface area contributed by atoms with E-state index in [-0.39, 0.29) is 29.9 Å². The molecule has 0 bridgehead atoms. The van der Waals surface area contributed by atoms with Gasteiger partial charge in [-0.05, 0) is 17.9 Å². The first kappa shape index (κ1) is 23.8. The number of guanidine groups is 1. The predicted molar refractivity (Wildman–Crippen MR) is 131 cm³/mol. The van der Waals surface area contributed by atoms with Gasteiger partial charge in [-0.15, -0.1) is 35.3 Å². The summed E-state index contributed by atoms with van der Waals surface area (Å²) < 4.78 is 4.38. The summed E-state index contributed by atoms with van der Waals surface area (Å²) in [5, 5.41) is 9.27. The van der Waals surface area contributed by atoms with Crippen molar-refractivity contribution < 1.29 is 4.79 Å². The van der Waals surface area contributed by atoms with E-state index in [1.807, 2.05) is 24.6 Å². The summed E-state index contributed by atoms with van der Waals surface area (Å²) in [7, 11) is 1.81. The van der Waals surface area contributed by atoms with E-state index in [1.165, 1.54) is 22.9 Å². The van der Waals surface area contributed by atoms with Gasteiger partial charge in [0.1, 0.15) is 5.82 Å². The molecule has 0 atom stereocenters. The van der Waals surface area contributed by atoms with E-state index < -0.39 is 0 Å². The fraction of sp³-hybridized carbons (Fsp3) is 0.556. The van der Waals surface area contributed by atoms with Crippen LogP contribution in [0.4, 0.5) is 5.13 Å². The van der Waals surface area contributed by atoms with Gasteiger partial charge in [0.05, 0.1) is 4.88 Å². The molecule has 1 aliphatic rings. The Hall–Kier alpha value is -1.47. The Morgan fingerprint density at radius 1 is 1.24 bits per heavy atom. The second kappa shape index (κ2) is 12.3. The van der Waals surface area contributed by atoms with Crippen molar-refractivity contribution in [2.45, 2.75) is 19.8 Å². The summed E-state index contributed by atoms with van der Waals surface area (Å²) in [4.78, 5) is 26.2. The van der Waals surface area contributed by atoms with Gasteiger partial charge in [-0.25, -0.2) is 4.98 Å². The lowest BCUT2D eigenvalue weighted by Gasteiger charge is -2.36. The molecule has 0 aromatic carbocycles. The van der Waals surface area contributed by atoms with Gasteiger partial charge in [0.25, 0.3) is 5.91 Å². The van der Waals surface area contributed by atoms with E-state index in [1.54, 1.807) is 0 Å². The molecular weight excluding hydrogens is 521 g/mol. The number of nitrogens with zero attached hydrogens (tertiary/aromatic N) is 5. The standard InChI is InChI=1S/C18H27N7OS2.HI/c1-3-15-22-18(28-23-15)25-11-9-24(10-12-25)17(19-2)21-8-5-7-20-16(26)14-6-4-13-27-14;/h4,6,13H,3,5,7-12H2,1-2H3,(H,19,21)(H,20,26);1H. The topological polar surface area (TPSA) is 85.8 Å². The van der Waals surface area contributed by atoms with Crippen LogP contribution in [0.3, 0.4) is 0 Å². The van der Waals surface area contributed by atoms with Crippen molar-refractivity contribution in [3.05, 3.63) is 28.2 Å². The number of anilines is 1. The quantitative estimate of drug-likeness (QED) is 0.239. The monoisotopic (exact) mass is 549 g/mol. The molecular formula is C18H28IN7OS2. The van der Waals surface area contributed by atoms with Crippen molar-refractivity contribution in [3.63, 3.8) is 0 Å². The zero-order valence-corrected chi connectivity index (χ0v) is 20.7. The van der Waals surface area contributed by atoms with Crippen LogP contribution in [0.2, 0.25) is 0 Å². The van der Waals surface area contributed by atoms with Crippen LogP contribution in [-0.2, 0) is 6.42 Å². The Morgan fingerprint density at radius 3 is 2.62 bits per heavy atom. The highest BCUT2D eigenvalue weighted by molar-refractivity contribution is 14.0. The largest absolute Gasteiger partial charge is 0.356 e. The van der Waals surface area contributed by atoms with Crippen LogP contribution in [-0.4, -0.2) is 72.4 Å². The summed E-state index contributed by atoms with van der Waals surface area (Å²) in [6, 6.07) is 3.73. The van der Waals surface area contributed by atoms with Crippen molar-refractivity contribution in [1.29, 1.82) is 0 Å². The normalized spacial score (nSPS) is 14.5. The number of halogens is 1. The highest BCUT2D eigenvalue weighted by Crippen LogP contribution is 2.19. The first-order chi connectivity index (χ1) is 13.7. The average molecular weight is 550 g/mol. The van der Waals surface area contributed by atoms with Gasteiger partial charge >= 0.3 is 0 Å². The average Bonchev–Trinajstić information content (AvgIpc) is 3.43. The number of carbonyl (C=O) groups is 1. The Bertz CT molecular complexity index is 773. The minimum atomic E-state index is -0.00147. The molecule has 2 N–H and O–H groups in total. The molecule has 1 fully saturated rings. The maximum atomic E-state index is 11.9. The Kier molecular flexibility index (Phi) is 10.1. The molecule has 0 unspecified atom stereocenters. The van der Waals surface area contributed by atoms with Crippen LogP contribution in [0.15, 0.2) is 22.5 Å². The van der Waals surface area contributed by atoms with Crippen molar-refractivity contribution >= 4 is 63.8 Å². The minimum absolute atomic E-state index is 0. The molecule has 29 heavy (non-hydrogen) atoms. The minimum Gasteiger partial charge on any atom is -0.356 e. The van der Waals surface area contributed by atoms with Gasteiger partial charge in [0.15, 0.2) is 5.96 Å². The fourth-order valence-electron chi connectivity index (χ4n) is 2.94. The number of aliphatic imine (C=N–C) groups is 1. The van der Waals surface area contributed by atoms with E-state index in [9.17, 15) is 4.79 Å². The maximum Gasteiger partial charge on any atom is 0.261 e. The Balaban J connectivity index is 0.00000300. The van der Waals surface area contributed by atoms with Crippen molar-refractivity contribution in [2.75, 3.05) is 51.2 Å². The lowest BCUT2D eigenvalue weighted by molar-refractivity contribution is 0.0957. The molecule has 1 saturated heterocycles. The van der Waals surface area contributed by atoms with Crippen molar-refractivity contribution in [3.8, 4) is 0 Å². The molecule has 0 saturated carbocycles. The van der Waals surface area contributed by atoms with E-state index >= 15 is 0 Å². The fourth-order valence-corrected chi connectivity index (χ4v) is 4.39. The number of carbonyl (C=O) groups excluding carboxylic acids is 1. The predicted octanol–water partition coefficient (Wildman–Crippen LogP) is 2.30. The number of nitrogens with one attached hydrogen (secondary N) is 2. The third-order valence-corrected chi connectivity index (χ3v) is 6.19. The molecule has 2 aromatic heterocycles. The van der Waals surface area contributed by atoms with E-state index in [2.05, 4.69) is 41.7 Å². The molecule has 1 aliphatic heterocycles. The third-order valence-electron chi connectivity index (χ3n) is 4.50. The number of piperazine rings is 1. The molecule has 0 aliphatic carbocycles. The number of rotatable bonds is 7. The number of hydrogen-bond donors (Lipinski definition) is 2. The third kappa shape index (κ3) is 6.78. The smallest absolute Gasteiger partial charge is 0.261 e. The van der Waals surface area contributed by atoms with Gasteiger partial charge < -0.3 is 20.4 Å². The summed E-state index contributed by atoms with van der Waals surface area (Å²) in [5.41, 5.74) is 0. The van der Waals surface area contributed by atoms with E-state index in [0.717, 1.165) is 67.4 Å². The highest BCUT2D eigenvalue weighted by Gasteiger charge is 2.21. The van der Waals surface area contributed by atoms with Crippen molar-refractivity contribution in [1.82, 2.24) is 24.9 Å². The first-order valence-electron chi connectivity index (χ1n) is 9.56. The molecule has 0 spiro atoms. The van der Waals surface area contributed by atoms with Crippen LogP contribution in [0, 0.1) is 0 Å². The lowest BCUT2D eigenvalue weighted by Crippen LogP contribution is -2.52. The number of aromatic nitrogens is 2. The SMILES string of the molecule is CCc1nsc(N2CCN(C(=NC)NCCCNC(=O)c3cccs3)CC2)n1.I. The van der Waals surface area contributed by atoms with Gasteiger partial charge in [-0.2, -0.15) is 4.37 Å². The summed E-state index contributed by atoms with van der Waals surface area (Å²) in [5.74, 6) is 1.83. The zero-order valence-electron chi connectivity index (χ0n) is 16.8. The molecule has 0 radical (unpaired) electrons.